The summed E-state index contributed by atoms with van der Waals surface area (Å²) in [6, 6.07) is 4.14. The number of piperazine rings is 1. The van der Waals surface area contributed by atoms with Crippen LogP contribution in [0, 0.1) is 0 Å². The Bertz CT molecular complexity index is 713. The second kappa shape index (κ2) is 10.1. The minimum absolute atomic E-state index is 0.0292. The smallest absolute Gasteiger partial charge is 0.243 e. The number of hydrogen-bond donors (Lipinski definition) is 1. The maximum atomic E-state index is 12.8. The highest BCUT2D eigenvalue weighted by Crippen LogP contribution is 2.18. The van der Waals surface area contributed by atoms with Crippen molar-refractivity contribution in [2.24, 2.45) is 4.99 Å². The van der Waals surface area contributed by atoms with Crippen LogP contribution in [0.25, 0.3) is 0 Å². The molecule has 1 atom stereocenters. The Kier molecular flexibility index (Phi) is 7.49. The number of rotatable bonds is 5. The van der Waals surface area contributed by atoms with Crippen LogP contribution >= 0.6 is 11.3 Å². The number of likely N-dealkylation sites (tertiary alicyclic amines) is 1. The van der Waals surface area contributed by atoms with Gasteiger partial charge in [-0.15, -0.1) is 11.3 Å². The van der Waals surface area contributed by atoms with Crippen LogP contribution in [-0.4, -0.2) is 104 Å². The Morgan fingerprint density at radius 1 is 1.21 bits per heavy atom. The largest absolute Gasteiger partial charge is 0.351 e. The molecule has 8 nitrogen and oxygen atoms in total. The topological polar surface area (TPSA) is 71.5 Å². The van der Waals surface area contributed by atoms with Gasteiger partial charge < -0.3 is 20.0 Å². The van der Waals surface area contributed by atoms with Crippen molar-refractivity contribution < 1.29 is 9.59 Å². The molecular formula is C20H32N6O2S. The molecule has 2 aliphatic heterocycles. The molecule has 2 aliphatic rings. The molecule has 3 rings (SSSR count). The molecule has 0 radical (unpaired) electrons. The Balaban J connectivity index is 1.59. The van der Waals surface area contributed by atoms with Crippen molar-refractivity contribution in [1.82, 2.24) is 24.9 Å². The van der Waals surface area contributed by atoms with E-state index < -0.39 is 0 Å². The van der Waals surface area contributed by atoms with E-state index in [1.54, 1.807) is 30.3 Å². The first kappa shape index (κ1) is 21.6. The lowest BCUT2D eigenvalue weighted by Crippen LogP contribution is -2.56. The third-order valence-electron chi connectivity index (χ3n) is 5.56. The van der Waals surface area contributed by atoms with Crippen LogP contribution in [0.15, 0.2) is 22.5 Å². The average Bonchev–Trinajstić information content (AvgIpc) is 3.39. The Morgan fingerprint density at radius 2 is 1.93 bits per heavy atom. The van der Waals surface area contributed by atoms with Crippen LogP contribution in [0.2, 0.25) is 0 Å². The van der Waals surface area contributed by atoms with E-state index >= 15 is 0 Å². The van der Waals surface area contributed by atoms with Crippen molar-refractivity contribution in [3.05, 3.63) is 22.4 Å². The third kappa shape index (κ3) is 5.70. The highest BCUT2D eigenvalue weighted by Gasteiger charge is 2.33. The summed E-state index contributed by atoms with van der Waals surface area (Å²) in [7, 11) is 5.51. The molecule has 1 aromatic rings. The van der Waals surface area contributed by atoms with Crippen molar-refractivity contribution in [2.75, 3.05) is 60.4 Å². The summed E-state index contributed by atoms with van der Waals surface area (Å²) in [5.41, 5.74) is 0. The van der Waals surface area contributed by atoms with Crippen LogP contribution in [0.4, 0.5) is 0 Å². The predicted molar refractivity (Wildman–Crippen MR) is 116 cm³/mol. The summed E-state index contributed by atoms with van der Waals surface area (Å²) in [4.78, 5) is 38.4. The van der Waals surface area contributed by atoms with Gasteiger partial charge in [-0.1, -0.05) is 6.07 Å². The van der Waals surface area contributed by atoms with E-state index in [0.29, 0.717) is 32.7 Å². The fraction of sp³-hybridized carbons (Fsp3) is 0.650. The van der Waals surface area contributed by atoms with E-state index in [9.17, 15) is 9.59 Å². The summed E-state index contributed by atoms with van der Waals surface area (Å²) in [5, 5.41) is 5.45. The zero-order valence-electron chi connectivity index (χ0n) is 17.6. The Morgan fingerprint density at radius 3 is 2.52 bits per heavy atom. The summed E-state index contributed by atoms with van der Waals surface area (Å²) < 4.78 is 0. The number of aliphatic imine (C=N–C) groups is 1. The molecule has 2 fully saturated rings. The van der Waals surface area contributed by atoms with E-state index in [0.717, 1.165) is 25.3 Å². The number of hydrogen-bond acceptors (Lipinski definition) is 5. The van der Waals surface area contributed by atoms with Gasteiger partial charge in [-0.05, 0) is 37.9 Å². The molecule has 2 saturated heterocycles. The fourth-order valence-electron chi connectivity index (χ4n) is 3.70. The standard InChI is InChI=1S/C20H32N6O2S/c1-23(2)18(27)15-22-20(21-14-16-6-5-13-29-16)26-11-9-25(10-12-26)19(28)17-7-4-8-24(17)3/h5-6,13,17H,4,7-12,14-15H2,1-3H3,(H,21,22). The highest BCUT2D eigenvalue weighted by atomic mass is 32.1. The molecule has 0 saturated carbocycles. The van der Waals surface area contributed by atoms with E-state index in [4.69, 9.17) is 0 Å². The lowest BCUT2D eigenvalue weighted by molar-refractivity contribution is -0.136. The number of amides is 2. The fourth-order valence-corrected chi connectivity index (χ4v) is 4.35. The first-order valence-electron chi connectivity index (χ1n) is 10.2. The number of thiophene rings is 1. The van der Waals surface area contributed by atoms with Crippen molar-refractivity contribution in [2.45, 2.75) is 25.4 Å². The molecule has 29 heavy (non-hydrogen) atoms. The van der Waals surface area contributed by atoms with Gasteiger partial charge in [0, 0.05) is 45.2 Å². The molecule has 1 aromatic heterocycles. The lowest BCUT2D eigenvalue weighted by Gasteiger charge is -2.38. The summed E-state index contributed by atoms with van der Waals surface area (Å²) in [6.07, 6.45) is 2.05. The van der Waals surface area contributed by atoms with Crippen LogP contribution in [0.5, 0.6) is 0 Å². The quantitative estimate of drug-likeness (QED) is 0.556. The third-order valence-corrected chi connectivity index (χ3v) is 6.44. The number of carbonyl (C=O) groups excluding carboxylic acids is 2. The van der Waals surface area contributed by atoms with Gasteiger partial charge >= 0.3 is 0 Å². The molecule has 0 aliphatic carbocycles. The molecule has 1 N–H and O–H groups in total. The molecule has 0 bridgehead atoms. The van der Waals surface area contributed by atoms with Crippen molar-refractivity contribution in [3.63, 3.8) is 0 Å². The van der Waals surface area contributed by atoms with Crippen molar-refractivity contribution in [3.8, 4) is 0 Å². The van der Waals surface area contributed by atoms with Crippen LogP contribution in [-0.2, 0) is 16.1 Å². The zero-order valence-corrected chi connectivity index (χ0v) is 18.5. The Hall–Kier alpha value is -2.13. The molecule has 0 spiro atoms. The minimum Gasteiger partial charge on any atom is -0.351 e. The number of nitrogens with one attached hydrogen (secondary N) is 1. The minimum atomic E-state index is -0.0292. The van der Waals surface area contributed by atoms with Gasteiger partial charge in [-0.2, -0.15) is 0 Å². The second-order valence-electron chi connectivity index (χ2n) is 7.81. The van der Waals surface area contributed by atoms with Gasteiger partial charge in [0.2, 0.25) is 11.8 Å². The maximum Gasteiger partial charge on any atom is 0.243 e. The predicted octanol–water partition coefficient (Wildman–Crippen LogP) is 0.520. The van der Waals surface area contributed by atoms with Crippen LogP contribution in [0.1, 0.15) is 17.7 Å². The van der Waals surface area contributed by atoms with E-state index in [2.05, 4.69) is 26.2 Å². The first-order chi connectivity index (χ1) is 14.0. The average molecular weight is 421 g/mol. The van der Waals surface area contributed by atoms with Gasteiger partial charge in [0.05, 0.1) is 12.6 Å². The number of carbonyl (C=O) groups is 2. The van der Waals surface area contributed by atoms with Gasteiger partial charge in [0.25, 0.3) is 0 Å². The van der Waals surface area contributed by atoms with E-state index in [1.807, 2.05) is 23.4 Å². The normalized spacial score (nSPS) is 20.8. The molecule has 160 valence electrons. The van der Waals surface area contributed by atoms with Crippen LogP contribution in [0.3, 0.4) is 0 Å². The monoisotopic (exact) mass is 420 g/mol. The molecule has 9 heteroatoms. The maximum absolute atomic E-state index is 12.8. The van der Waals surface area contributed by atoms with Gasteiger partial charge in [-0.25, -0.2) is 4.99 Å². The molecule has 1 unspecified atom stereocenters. The van der Waals surface area contributed by atoms with Gasteiger partial charge in [-0.3, -0.25) is 14.5 Å². The number of guanidine groups is 1. The summed E-state index contributed by atoms with van der Waals surface area (Å²) in [6.45, 7) is 4.60. The van der Waals surface area contributed by atoms with Gasteiger partial charge in [0.15, 0.2) is 5.96 Å². The SMILES string of the molecule is CN(C)C(=O)CN=C(NCc1cccs1)N1CCN(C(=O)C2CCCN2C)CC1. The van der Waals surface area contributed by atoms with Crippen molar-refractivity contribution in [1.29, 1.82) is 0 Å². The van der Waals surface area contributed by atoms with Crippen molar-refractivity contribution >= 4 is 29.1 Å². The summed E-state index contributed by atoms with van der Waals surface area (Å²) >= 11 is 1.69. The number of likely N-dealkylation sites (N-methyl/N-ethyl adjacent to an activating group) is 2. The molecular weight excluding hydrogens is 388 g/mol. The van der Waals surface area contributed by atoms with E-state index in [1.165, 1.54) is 4.88 Å². The molecule has 3 heterocycles. The summed E-state index contributed by atoms with van der Waals surface area (Å²) in [5.74, 6) is 0.953. The second-order valence-corrected chi connectivity index (χ2v) is 8.84. The molecule has 0 aromatic carbocycles. The highest BCUT2D eigenvalue weighted by molar-refractivity contribution is 7.09. The van der Waals surface area contributed by atoms with Crippen LogP contribution < -0.4 is 5.32 Å². The van der Waals surface area contributed by atoms with Gasteiger partial charge in [0.1, 0.15) is 6.54 Å². The first-order valence-corrected chi connectivity index (χ1v) is 11.1. The number of nitrogens with zero attached hydrogens (tertiary/aromatic N) is 5. The van der Waals surface area contributed by atoms with E-state index in [-0.39, 0.29) is 24.4 Å². The lowest BCUT2D eigenvalue weighted by atomic mass is 10.2. The Labute approximate surface area is 177 Å². The molecule has 2 amide bonds. The zero-order chi connectivity index (χ0) is 20.8.